The van der Waals surface area contributed by atoms with Crippen LogP contribution in [-0.4, -0.2) is 0 Å². The third-order valence-electron chi connectivity index (χ3n) is 1.91. The lowest BCUT2D eigenvalue weighted by Gasteiger charge is -2.11. The van der Waals surface area contributed by atoms with Crippen molar-refractivity contribution in [2.24, 2.45) is 0 Å². The molecule has 1 N–H and O–H groups in total. The van der Waals surface area contributed by atoms with Crippen molar-refractivity contribution in [2.45, 2.75) is 6.42 Å². The predicted molar refractivity (Wildman–Crippen MR) is 53.7 cm³/mol. The first-order valence-electron chi connectivity index (χ1n) is 3.99. The monoisotopic (exact) mass is 188 g/mol. The summed E-state index contributed by atoms with van der Waals surface area (Å²) in [7, 11) is 0. The first kappa shape index (κ1) is 8.09. The maximum absolute atomic E-state index is 8.88. The van der Waals surface area contributed by atoms with Crippen LogP contribution in [0.2, 0.25) is 0 Å². The van der Waals surface area contributed by atoms with Crippen LogP contribution in [-0.2, 0) is 0 Å². The van der Waals surface area contributed by atoms with Gasteiger partial charge in [-0.2, -0.15) is 16.6 Å². The smallest absolute Gasteiger partial charge is 0.0972 e. The Balaban J connectivity index is 2.42. The lowest BCUT2D eigenvalue weighted by molar-refractivity contribution is 1.10. The molecule has 1 aliphatic heterocycles. The Morgan fingerprint density at radius 2 is 2.46 bits per heavy atom. The number of nitrogens with zero attached hydrogens (tertiary/aromatic N) is 1. The Morgan fingerprint density at radius 3 is 3.15 bits per heavy atom. The van der Waals surface area contributed by atoms with E-state index in [-0.39, 0.29) is 0 Å². The van der Waals surface area contributed by atoms with Gasteiger partial charge >= 0.3 is 0 Å². The zero-order chi connectivity index (χ0) is 9.10. The van der Waals surface area contributed by atoms with E-state index in [2.05, 4.69) is 11.4 Å². The van der Waals surface area contributed by atoms with E-state index in [9.17, 15) is 0 Å². The van der Waals surface area contributed by atoms with Crippen LogP contribution in [0.3, 0.4) is 0 Å². The minimum absolute atomic E-state index is 0.731. The molecule has 1 aromatic rings. The molecule has 0 amide bonds. The zero-order valence-electron chi connectivity index (χ0n) is 6.95. The Morgan fingerprint density at radius 1 is 1.54 bits per heavy atom. The summed E-state index contributed by atoms with van der Waals surface area (Å²) in [6, 6.07) is 4.23. The van der Waals surface area contributed by atoms with Crippen molar-refractivity contribution in [3.8, 4) is 6.07 Å². The first-order valence-corrected chi connectivity index (χ1v) is 4.93. The largest absolute Gasteiger partial charge is 0.361 e. The lowest BCUT2D eigenvalue weighted by Crippen LogP contribution is -2.09. The number of nitriles is 1. The van der Waals surface area contributed by atoms with Crippen LogP contribution in [0.4, 0.5) is 0 Å². The van der Waals surface area contributed by atoms with Gasteiger partial charge in [0, 0.05) is 17.4 Å². The number of allylic oxidation sites excluding steroid dienone is 2. The second-order valence-electron chi connectivity index (χ2n) is 2.73. The van der Waals surface area contributed by atoms with Gasteiger partial charge in [0.2, 0.25) is 0 Å². The van der Waals surface area contributed by atoms with Crippen molar-refractivity contribution in [3.63, 3.8) is 0 Å². The molecule has 0 aromatic carbocycles. The molecule has 1 aliphatic rings. The van der Waals surface area contributed by atoms with Gasteiger partial charge in [-0.15, -0.1) is 0 Å². The summed E-state index contributed by atoms with van der Waals surface area (Å²) in [4.78, 5) is 0. The minimum Gasteiger partial charge on any atom is -0.361 e. The summed E-state index contributed by atoms with van der Waals surface area (Å²) in [6.45, 7) is 0. The van der Waals surface area contributed by atoms with E-state index in [4.69, 9.17) is 5.26 Å². The molecule has 0 atom stereocenters. The molecule has 2 nitrogen and oxygen atoms in total. The number of thiophene rings is 1. The maximum Gasteiger partial charge on any atom is 0.0972 e. The van der Waals surface area contributed by atoms with E-state index in [1.807, 2.05) is 29.1 Å². The standard InChI is InChI=1S/C10H8N2S/c11-6-8-2-1-4-12-10(8)9-3-5-13-7-9/h1,3-5,7,12H,2H2. The van der Waals surface area contributed by atoms with E-state index >= 15 is 0 Å². The van der Waals surface area contributed by atoms with E-state index in [0.29, 0.717) is 0 Å². The van der Waals surface area contributed by atoms with Crippen LogP contribution in [0, 0.1) is 11.3 Å². The Bertz CT molecular complexity index is 393. The molecule has 64 valence electrons. The molecule has 0 unspecified atom stereocenters. The molecule has 1 aromatic heterocycles. The van der Waals surface area contributed by atoms with Crippen molar-refractivity contribution in [3.05, 3.63) is 40.2 Å². The Kier molecular flexibility index (Phi) is 2.15. The zero-order valence-corrected chi connectivity index (χ0v) is 7.77. The highest BCUT2D eigenvalue weighted by Gasteiger charge is 2.09. The number of hydrogen-bond acceptors (Lipinski definition) is 3. The average molecular weight is 188 g/mol. The van der Waals surface area contributed by atoms with Crippen molar-refractivity contribution in [1.29, 1.82) is 5.26 Å². The van der Waals surface area contributed by atoms with Gasteiger partial charge in [-0.3, -0.25) is 0 Å². The van der Waals surface area contributed by atoms with Crippen LogP contribution < -0.4 is 5.32 Å². The molecular weight excluding hydrogens is 180 g/mol. The SMILES string of the molecule is N#CC1=C(c2ccsc2)NC=CC1. The van der Waals surface area contributed by atoms with E-state index < -0.39 is 0 Å². The summed E-state index contributed by atoms with van der Waals surface area (Å²) in [5.74, 6) is 0. The van der Waals surface area contributed by atoms with Gasteiger partial charge in [0.05, 0.1) is 17.3 Å². The van der Waals surface area contributed by atoms with Crippen LogP contribution in [0.25, 0.3) is 5.70 Å². The first-order chi connectivity index (χ1) is 6.42. The lowest BCUT2D eigenvalue weighted by atomic mass is 10.1. The molecule has 0 bridgehead atoms. The third kappa shape index (κ3) is 1.49. The van der Waals surface area contributed by atoms with Gasteiger partial charge in [0.25, 0.3) is 0 Å². The second kappa shape index (κ2) is 3.46. The van der Waals surface area contributed by atoms with E-state index in [0.717, 1.165) is 23.3 Å². The molecule has 0 fully saturated rings. The fourth-order valence-electron chi connectivity index (χ4n) is 1.27. The van der Waals surface area contributed by atoms with Crippen LogP contribution in [0.1, 0.15) is 12.0 Å². The second-order valence-corrected chi connectivity index (χ2v) is 3.51. The molecule has 0 aliphatic carbocycles. The molecule has 0 spiro atoms. The van der Waals surface area contributed by atoms with Crippen molar-refractivity contribution >= 4 is 17.0 Å². The summed E-state index contributed by atoms with van der Waals surface area (Å²) >= 11 is 1.64. The summed E-state index contributed by atoms with van der Waals surface area (Å²) in [6.07, 6.45) is 4.57. The molecular formula is C10H8N2S. The topological polar surface area (TPSA) is 35.8 Å². The highest BCUT2D eigenvalue weighted by Crippen LogP contribution is 2.22. The minimum atomic E-state index is 0.731. The summed E-state index contributed by atoms with van der Waals surface area (Å²) in [5.41, 5.74) is 2.86. The molecule has 3 heteroatoms. The van der Waals surface area contributed by atoms with Gasteiger partial charge in [-0.05, 0) is 17.6 Å². The van der Waals surface area contributed by atoms with Crippen LogP contribution in [0.5, 0.6) is 0 Å². The molecule has 2 heterocycles. The summed E-state index contributed by atoms with van der Waals surface area (Å²) in [5, 5.41) is 16.0. The van der Waals surface area contributed by atoms with Gasteiger partial charge in [-0.1, -0.05) is 6.08 Å². The van der Waals surface area contributed by atoms with Gasteiger partial charge in [0.1, 0.15) is 0 Å². The third-order valence-corrected chi connectivity index (χ3v) is 2.60. The van der Waals surface area contributed by atoms with Crippen molar-refractivity contribution in [2.75, 3.05) is 0 Å². The Labute approximate surface area is 80.8 Å². The predicted octanol–water partition coefficient (Wildman–Crippen LogP) is 2.49. The number of nitrogens with one attached hydrogen (secondary N) is 1. The van der Waals surface area contributed by atoms with Gasteiger partial charge in [0.15, 0.2) is 0 Å². The highest BCUT2D eigenvalue weighted by molar-refractivity contribution is 7.08. The van der Waals surface area contributed by atoms with E-state index in [1.54, 1.807) is 11.3 Å². The molecule has 0 saturated carbocycles. The fourth-order valence-corrected chi connectivity index (χ4v) is 1.92. The number of dihydropyridines is 1. The summed E-state index contributed by atoms with van der Waals surface area (Å²) < 4.78 is 0. The van der Waals surface area contributed by atoms with E-state index in [1.165, 1.54) is 0 Å². The molecule has 0 saturated heterocycles. The number of hydrogen-bond donors (Lipinski definition) is 1. The maximum atomic E-state index is 8.88. The van der Waals surface area contributed by atoms with Crippen molar-refractivity contribution < 1.29 is 0 Å². The molecule has 2 rings (SSSR count). The molecule has 13 heavy (non-hydrogen) atoms. The fraction of sp³-hybridized carbons (Fsp3) is 0.100. The molecule has 0 radical (unpaired) electrons. The highest BCUT2D eigenvalue weighted by atomic mass is 32.1. The number of rotatable bonds is 1. The van der Waals surface area contributed by atoms with Crippen LogP contribution in [0.15, 0.2) is 34.7 Å². The average Bonchev–Trinajstić information content (AvgIpc) is 2.70. The van der Waals surface area contributed by atoms with Crippen LogP contribution >= 0.6 is 11.3 Å². The Hall–Kier alpha value is -1.53. The van der Waals surface area contributed by atoms with Gasteiger partial charge in [-0.25, -0.2) is 0 Å². The quantitative estimate of drug-likeness (QED) is 0.735. The van der Waals surface area contributed by atoms with Crippen molar-refractivity contribution in [1.82, 2.24) is 5.32 Å². The van der Waals surface area contributed by atoms with Gasteiger partial charge < -0.3 is 5.32 Å². The normalized spacial score (nSPS) is 15.3.